The maximum Gasteiger partial charge on any atom is 0.336 e. The average Bonchev–Trinajstić information content (AvgIpc) is 3.29. The monoisotopic (exact) mass is 532 g/mol. The van der Waals surface area contributed by atoms with Gasteiger partial charge in [0.05, 0.1) is 26.7 Å². The number of rotatable bonds is 8. The van der Waals surface area contributed by atoms with Crippen LogP contribution in [0.25, 0.3) is 33.3 Å². The smallest absolute Gasteiger partial charge is 0.336 e. The Morgan fingerprint density at radius 1 is 1.00 bits per heavy atom. The summed E-state index contributed by atoms with van der Waals surface area (Å²) in [4.78, 5) is 15.8. The second kappa shape index (κ2) is 10.6. The van der Waals surface area contributed by atoms with E-state index in [1.165, 1.54) is 12.3 Å². The van der Waals surface area contributed by atoms with Gasteiger partial charge in [-0.05, 0) is 53.9 Å². The van der Waals surface area contributed by atoms with Crippen LogP contribution < -0.4 is 4.74 Å². The first-order valence-electron chi connectivity index (χ1n) is 11.7. The number of carboxylic acid groups (broad SMARTS) is 1. The Morgan fingerprint density at radius 2 is 1.73 bits per heavy atom. The van der Waals surface area contributed by atoms with E-state index >= 15 is 0 Å². The van der Waals surface area contributed by atoms with E-state index in [0.717, 1.165) is 28.9 Å². The number of carbonyl (C=O) groups is 1. The molecule has 6 nitrogen and oxygen atoms in total. The molecule has 0 saturated carbocycles. The summed E-state index contributed by atoms with van der Waals surface area (Å²) in [5.41, 5.74) is 4.76. The number of benzene rings is 3. The average molecular weight is 533 g/mol. The maximum absolute atomic E-state index is 11.5. The highest BCUT2D eigenvalue weighted by Crippen LogP contribution is 2.37. The van der Waals surface area contributed by atoms with Crippen LogP contribution in [0.15, 0.2) is 77.4 Å². The van der Waals surface area contributed by atoms with E-state index in [1.807, 2.05) is 36.4 Å². The zero-order valence-electron chi connectivity index (χ0n) is 19.9. The van der Waals surface area contributed by atoms with Gasteiger partial charge in [0.25, 0.3) is 0 Å². The van der Waals surface area contributed by atoms with Crippen LogP contribution >= 0.6 is 23.2 Å². The van der Waals surface area contributed by atoms with Gasteiger partial charge in [-0.15, -0.1) is 0 Å². The van der Waals surface area contributed by atoms with E-state index in [9.17, 15) is 9.90 Å². The van der Waals surface area contributed by atoms with E-state index in [1.54, 1.807) is 24.3 Å². The van der Waals surface area contributed by atoms with Crippen LogP contribution in [0, 0.1) is 0 Å². The summed E-state index contributed by atoms with van der Waals surface area (Å²) in [6.45, 7) is 2.31. The topological polar surface area (TPSA) is 85.5 Å². The van der Waals surface area contributed by atoms with Gasteiger partial charge in [-0.1, -0.05) is 65.6 Å². The fourth-order valence-electron chi connectivity index (χ4n) is 4.25. The maximum atomic E-state index is 11.5. The number of pyridine rings is 1. The molecule has 2 aromatic heterocycles. The van der Waals surface area contributed by atoms with Crippen LogP contribution in [-0.2, 0) is 13.0 Å². The van der Waals surface area contributed by atoms with Crippen LogP contribution in [0.2, 0.25) is 10.0 Å². The third-order valence-electron chi connectivity index (χ3n) is 6.09. The number of aromatic carboxylic acids is 1. The van der Waals surface area contributed by atoms with Crippen molar-refractivity contribution < 1.29 is 19.2 Å². The molecule has 37 heavy (non-hydrogen) atoms. The van der Waals surface area contributed by atoms with Crippen molar-refractivity contribution in [2.45, 2.75) is 26.4 Å². The van der Waals surface area contributed by atoms with E-state index in [2.05, 4.69) is 17.1 Å². The van der Waals surface area contributed by atoms with E-state index < -0.39 is 5.97 Å². The fourth-order valence-corrected chi connectivity index (χ4v) is 4.83. The van der Waals surface area contributed by atoms with Gasteiger partial charge in [-0.2, -0.15) is 0 Å². The van der Waals surface area contributed by atoms with Crippen LogP contribution in [0.3, 0.4) is 0 Å². The largest absolute Gasteiger partial charge is 0.489 e. The lowest BCUT2D eigenvalue weighted by atomic mass is 10.0. The Hall–Kier alpha value is -3.87. The van der Waals surface area contributed by atoms with Gasteiger partial charge in [0, 0.05) is 23.6 Å². The standard InChI is InChI=1S/C29H22Cl2N2O4/c1-2-4-26-22(28(33-37-26)27-23(30)5-3-6-24(27)31)16-36-19-10-7-17(8-11-19)18-9-12-20-21(29(34)35)13-14-32-25(20)15-18/h3,5-15H,2,4,16H2,1H3,(H,34,35). The molecular weight excluding hydrogens is 511 g/mol. The summed E-state index contributed by atoms with van der Waals surface area (Å²) < 4.78 is 11.8. The molecule has 2 heterocycles. The number of hydrogen-bond acceptors (Lipinski definition) is 5. The van der Waals surface area contributed by atoms with Gasteiger partial charge in [-0.25, -0.2) is 4.79 Å². The number of nitrogens with zero attached hydrogens (tertiary/aromatic N) is 2. The minimum Gasteiger partial charge on any atom is -0.489 e. The van der Waals surface area contributed by atoms with Crippen LogP contribution in [-0.4, -0.2) is 21.2 Å². The molecule has 5 aromatic rings. The first kappa shape index (κ1) is 24.8. The molecule has 0 saturated heterocycles. The van der Waals surface area contributed by atoms with Crippen molar-refractivity contribution in [2.75, 3.05) is 0 Å². The number of hydrogen-bond donors (Lipinski definition) is 1. The molecule has 0 aliphatic heterocycles. The molecule has 0 atom stereocenters. The fraction of sp³-hybridized carbons (Fsp3) is 0.138. The molecule has 0 aliphatic carbocycles. The lowest BCUT2D eigenvalue weighted by Crippen LogP contribution is -2.00. The molecular formula is C29H22Cl2N2O4. The number of ether oxygens (including phenoxy) is 1. The Labute approximate surface area is 223 Å². The van der Waals surface area contributed by atoms with Gasteiger partial charge < -0.3 is 14.4 Å². The molecule has 0 spiro atoms. The Bertz CT molecular complexity index is 1580. The summed E-state index contributed by atoms with van der Waals surface area (Å²) >= 11 is 12.9. The molecule has 3 aromatic carbocycles. The first-order valence-corrected chi connectivity index (χ1v) is 12.5. The lowest BCUT2D eigenvalue weighted by Gasteiger charge is -2.10. The molecule has 8 heteroatoms. The van der Waals surface area contributed by atoms with E-state index in [-0.39, 0.29) is 12.2 Å². The molecule has 1 N–H and O–H groups in total. The third kappa shape index (κ3) is 5.03. The minimum absolute atomic E-state index is 0.230. The summed E-state index contributed by atoms with van der Waals surface area (Å²) in [5, 5.41) is 15.3. The Balaban J connectivity index is 1.39. The SMILES string of the molecule is CCCc1onc(-c2c(Cl)cccc2Cl)c1COc1ccc(-c2ccc3c(C(=O)O)ccnc3c2)cc1. The van der Waals surface area contributed by atoms with Gasteiger partial charge in [0.1, 0.15) is 23.8 Å². The summed E-state index contributed by atoms with van der Waals surface area (Å²) in [6, 6.07) is 20.0. The van der Waals surface area contributed by atoms with Gasteiger partial charge in [0.15, 0.2) is 0 Å². The second-order valence-electron chi connectivity index (χ2n) is 8.49. The third-order valence-corrected chi connectivity index (χ3v) is 6.72. The number of aryl methyl sites for hydroxylation is 1. The minimum atomic E-state index is -0.975. The van der Waals surface area contributed by atoms with Crippen molar-refractivity contribution >= 4 is 40.1 Å². The summed E-state index contributed by atoms with van der Waals surface area (Å²) in [7, 11) is 0. The predicted molar refractivity (Wildman–Crippen MR) is 144 cm³/mol. The molecule has 0 bridgehead atoms. The number of carboxylic acids is 1. The van der Waals surface area contributed by atoms with Crippen molar-refractivity contribution in [1.29, 1.82) is 0 Å². The van der Waals surface area contributed by atoms with Crippen molar-refractivity contribution in [2.24, 2.45) is 0 Å². The molecule has 0 amide bonds. The first-order chi connectivity index (χ1) is 18.0. The van der Waals surface area contributed by atoms with Crippen molar-refractivity contribution in [3.63, 3.8) is 0 Å². The highest BCUT2D eigenvalue weighted by atomic mass is 35.5. The quantitative estimate of drug-likeness (QED) is 0.217. The highest BCUT2D eigenvalue weighted by Gasteiger charge is 2.22. The summed E-state index contributed by atoms with van der Waals surface area (Å²) in [5.74, 6) is 0.446. The molecule has 186 valence electrons. The highest BCUT2D eigenvalue weighted by molar-refractivity contribution is 6.39. The number of aromatic nitrogens is 2. The number of halogens is 2. The predicted octanol–water partition coefficient (Wildman–Crippen LogP) is 8.09. The molecule has 0 radical (unpaired) electrons. The lowest BCUT2D eigenvalue weighted by molar-refractivity contribution is 0.0699. The van der Waals surface area contributed by atoms with Gasteiger partial charge in [-0.3, -0.25) is 4.98 Å². The van der Waals surface area contributed by atoms with Crippen molar-refractivity contribution in [3.05, 3.63) is 99.9 Å². The van der Waals surface area contributed by atoms with Crippen molar-refractivity contribution in [1.82, 2.24) is 10.1 Å². The van der Waals surface area contributed by atoms with Crippen LogP contribution in [0.5, 0.6) is 5.75 Å². The molecule has 0 unspecified atom stereocenters. The van der Waals surface area contributed by atoms with Crippen LogP contribution in [0.1, 0.15) is 35.0 Å². The Kier molecular flexibility index (Phi) is 7.12. The van der Waals surface area contributed by atoms with E-state index in [0.29, 0.717) is 44.4 Å². The normalized spacial score (nSPS) is 11.1. The van der Waals surface area contributed by atoms with E-state index in [4.69, 9.17) is 32.5 Å². The van der Waals surface area contributed by atoms with Gasteiger partial charge >= 0.3 is 5.97 Å². The van der Waals surface area contributed by atoms with Crippen molar-refractivity contribution in [3.8, 4) is 28.1 Å². The Morgan fingerprint density at radius 3 is 2.43 bits per heavy atom. The zero-order valence-corrected chi connectivity index (χ0v) is 21.4. The summed E-state index contributed by atoms with van der Waals surface area (Å²) in [6.07, 6.45) is 3.11. The molecule has 0 aliphatic rings. The second-order valence-corrected chi connectivity index (χ2v) is 9.30. The number of fused-ring (bicyclic) bond motifs is 1. The van der Waals surface area contributed by atoms with Gasteiger partial charge in [0.2, 0.25) is 0 Å². The molecule has 0 fully saturated rings. The zero-order chi connectivity index (χ0) is 25.9. The van der Waals surface area contributed by atoms with Crippen LogP contribution in [0.4, 0.5) is 0 Å². The molecule has 5 rings (SSSR count).